The topological polar surface area (TPSA) is 96.2 Å². The molecule has 0 amide bonds. The summed E-state index contributed by atoms with van der Waals surface area (Å²) in [4.78, 5) is 36.5. The van der Waals surface area contributed by atoms with Gasteiger partial charge in [-0.25, -0.2) is 19.6 Å². The van der Waals surface area contributed by atoms with Gasteiger partial charge in [0.05, 0.1) is 19.0 Å². The Morgan fingerprint density at radius 3 is 1.74 bits per heavy atom. The van der Waals surface area contributed by atoms with Crippen molar-refractivity contribution in [3.8, 4) is 0 Å². The quantitative estimate of drug-likeness (QED) is 0.222. The van der Waals surface area contributed by atoms with E-state index in [0.29, 0.717) is 13.1 Å². The molecule has 0 aliphatic carbocycles. The van der Waals surface area contributed by atoms with Crippen LogP contribution >= 0.6 is 0 Å². The van der Waals surface area contributed by atoms with Crippen molar-refractivity contribution in [3.63, 3.8) is 0 Å². The molecule has 6 nitrogen and oxygen atoms in total. The van der Waals surface area contributed by atoms with Crippen LogP contribution in [0.2, 0.25) is 0 Å². The number of isocyanates is 2. The van der Waals surface area contributed by atoms with Gasteiger partial charge >= 0.3 is 29.9 Å². The Morgan fingerprint density at radius 1 is 0.957 bits per heavy atom. The summed E-state index contributed by atoms with van der Waals surface area (Å²) in [5, 5.41) is 8.60. The zero-order chi connectivity index (χ0) is 17.1. The molecule has 0 heterocycles. The molecular weight excluding hydrogens is 403 g/mol. The number of carboxylic acid groups (broad SMARTS) is 1. The standard InChI is InChI=1S/C8H12N2O2.C8H16O2.Sn.2H/c11-7-9-5-3-1-2-4-6-10-8-12;1-3-5-6-7(4-2)8(9)10;;;/h1-6H2;7H,3-6H2,1-2H3,(H,9,10);;;. The Morgan fingerprint density at radius 2 is 1.43 bits per heavy atom. The fourth-order valence-electron chi connectivity index (χ4n) is 1.78. The fraction of sp³-hybridized carbons (Fsp3) is 0.812. The van der Waals surface area contributed by atoms with Crippen molar-refractivity contribution >= 4 is 42.0 Å². The fourth-order valence-corrected chi connectivity index (χ4v) is 1.78. The first-order valence-corrected chi connectivity index (χ1v) is 7.94. The van der Waals surface area contributed by atoms with Gasteiger partial charge in [-0.1, -0.05) is 39.5 Å². The van der Waals surface area contributed by atoms with Crippen LogP contribution in [0.25, 0.3) is 0 Å². The number of carbonyl (C=O) groups excluding carboxylic acids is 2. The van der Waals surface area contributed by atoms with E-state index in [1.807, 2.05) is 6.92 Å². The number of aliphatic imine (C=N–C) groups is 2. The van der Waals surface area contributed by atoms with Gasteiger partial charge in [-0.2, -0.15) is 0 Å². The maximum absolute atomic E-state index is 10.4. The number of hydrogen-bond acceptors (Lipinski definition) is 5. The summed E-state index contributed by atoms with van der Waals surface area (Å²) in [5.74, 6) is -0.754. The first-order chi connectivity index (χ1) is 10.6. The molecule has 1 atom stereocenters. The van der Waals surface area contributed by atoms with Crippen LogP contribution in [-0.2, 0) is 14.4 Å². The maximum atomic E-state index is 10.4. The van der Waals surface area contributed by atoms with Crippen LogP contribution in [0.5, 0.6) is 0 Å². The third-order valence-electron chi connectivity index (χ3n) is 3.17. The van der Waals surface area contributed by atoms with Gasteiger partial charge in [0.25, 0.3) is 0 Å². The van der Waals surface area contributed by atoms with Gasteiger partial charge in [-0.3, -0.25) is 4.79 Å². The molecule has 1 unspecified atom stereocenters. The van der Waals surface area contributed by atoms with E-state index in [0.717, 1.165) is 51.4 Å². The molecule has 0 rings (SSSR count). The second-order valence-electron chi connectivity index (χ2n) is 4.95. The second-order valence-corrected chi connectivity index (χ2v) is 4.95. The van der Waals surface area contributed by atoms with Crippen molar-refractivity contribution in [2.75, 3.05) is 13.1 Å². The minimum absolute atomic E-state index is 0. The van der Waals surface area contributed by atoms with E-state index in [2.05, 4.69) is 16.9 Å². The number of rotatable bonds is 12. The molecule has 0 saturated carbocycles. The predicted molar refractivity (Wildman–Crippen MR) is 93.9 cm³/mol. The molecule has 0 saturated heterocycles. The zero-order valence-corrected chi connectivity index (χ0v) is 18.5. The molecular formula is C16H30N2O4Sn. The van der Waals surface area contributed by atoms with Gasteiger partial charge in [0, 0.05) is 0 Å². The second kappa shape index (κ2) is 23.3. The predicted octanol–water partition coefficient (Wildman–Crippen LogP) is 2.59. The minimum atomic E-state index is -0.643. The molecule has 0 aromatic heterocycles. The van der Waals surface area contributed by atoms with Gasteiger partial charge in [0.2, 0.25) is 12.2 Å². The average Bonchev–Trinajstić information content (AvgIpc) is 2.51. The van der Waals surface area contributed by atoms with Crippen LogP contribution in [0.3, 0.4) is 0 Å². The van der Waals surface area contributed by atoms with Crippen LogP contribution in [0.4, 0.5) is 0 Å². The third kappa shape index (κ3) is 23.4. The van der Waals surface area contributed by atoms with Gasteiger partial charge in [0.15, 0.2) is 0 Å². The molecule has 1 N–H and O–H groups in total. The monoisotopic (exact) mass is 434 g/mol. The molecule has 7 heteroatoms. The summed E-state index contributed by atoms with van der Waals surface area (Å²) in [6.07, 6.45) is 10.5. The number of carboxylic acids is 1. The molecule has 2 radical (unpaired) electrons. The van der Waals surface area contributed by atoms with E-state index in [4.69, 9.17) is 5.11 Å². The van der Waals surface area contributed by atoms with Gasteiger partial charge in [-0.05, 0) is 25.7 Å². The normalized spacial score (nSPS) is 10.0. The van der Waals surface area contributed by atoms with Crippen molar-refractivity contribution in [2.24, 2.45) is 15.9 Å². The summed E-state index contributed by atoms with van der Waals surface area (Å²) < 4.78 is 0. The number of unbranched alkanes of at least 4 members (excludes halogenated alkanes) is 4. The summed E-state index contributed by atoms with van der Waals surface area (Å²) in [7, 11) is 0. The molecule has 0 fully saturated rings. The van der Waals surface area contributed by atoms with Crippen molar-refractivity contribution in [1.82, 2.24) is 0 Å². The van der Waals surface area contributed by atoms with Gasteiger partial charge in [-0.15, -0.1) is 0 Å². The Hall–Kier alpha value is -0.971. The Balaban J connectivity index is -0.000000338. The molecule has 0 aromatic rings. The molecule has 0 spiro atoms. The number of carbonyl (C=O) groups is 1. The van der Waals surface area contributed by atoms with Crippen molar-refractivity contribution in [3.05, 3.63) is 0 Å². The molecule has 0 bridgehead atoms. The number of aliphatic carboxylic acids is 1. The first kappa shape index (κ1) is 26.9. The molecule has 0 aliphatic rings. The van der Waals surface area contributed by atoms with Crippen LogP contribution in [0.1, 0.15) is 65.2 Å². The Kier molecular flexibility index (Phi) is 27.3. The Bertz CT molecular complexity index is 343. The average molecular weight is 433 g/mol. The zero-order valence-electron chi connectivity index (χ0n) is 14.4. The molecule has 23 heavy (non-hydrogen) atoms. The molecule has 0 aliphatic heterocycles. The number of nitrogens with zero attached hydrogens (tertiary/aromatic N) is 2. The van der Waals surface area contributed by atoms with Gasteiger partial charge in [0.1, 0.15) is 0 Å². The first-order valence-electron chi connectivity index (χ1n) is 7.94. The molecule has 0 aromatic carbocycles. The van der Waals surface area contributed by atoms with Crippen molar-refractivity contribution in [2.45, 2.75) is 65.2 Å². The Labute approximate surface area is 155 Å². The van der Waals surface area contributed by atoms with Crippen LogP contribution < -0.4 is 0 Å². The summed E-state index contributed by atoms with van der Waals surface area (Å²) in [6, 6.07) is 0. The summed E-state index contributed by atoms with van der Waals surface area (Å²) in [6.45, 7) is 5.11. The SMILES string of the molecule is CCCCC(CC)C(=O)O.O=C=NCCCCCCN=C=O.[SnH2]. The van der Waals surface area contributed by atoms with Crippen LogP contribution in [0.15, 0.2) is 9.98 Å². The summed E-state index contributed by atoms with van der Waals surface area (Å²) >= 11 is 0. The van der Waals surface area contributed by atoms with E-state index in [1.165, 1.54) is 12.2 Å². The van der Waals surface area contributed by atoms with Crippen LogP contribution in [-0.4, -0.2) is 60.2 Å². The van der Waals surface area contributed by atoms with E-state index < -0.39 is 5.97 Å². The summed E-state index contributed by atoms with van der Waals surface area (Å²) in [5.41, 5.74) is 0. The van der Waals surface area contributed by atoms with Crippen molar-refractivity contribution in [1.29, 1.82) is 0 Å². The van der Waals surface area contributed by atoms with E-state index in [9.17, 15) is 14.4 Å². The van der Waals surface area contributed by atoms with Crippen molar-refractivity contribution < 1.29 is 19.5 Å². The van der Waals surface area contributed by atoms with E-state index >= 15 is 0 Å². The van der Waals surface area contributed by atoms with Gasteiger partial charge < -0.3 is 5.11 Å². The van der Waals surface area contributed by atoms with E-state index in [-0.39, 0.29) is 29.8 Å². The number of hydrogen-bond donors (Lipinski definition) is 1. The molecule has 132 valence electrons. The van der Waals surface area contributed by atoms with E-state index in [1.54, 1.807) is 0 Å². The van der Waals surface area contributed by atoms with Crippen LogP contribution in [0, 0.1) is 5.92 Å². The third-order valence-corrected chi connectivity index (χ3v) is 3.17.